The molecule has 0 radical (unpaired) electrons. The van der Waals surface area contributed by atoms with Crippen LogP contribution >= 0.6 is 67.8 Å². The van der Waals surface area contributed by atoms with Crippen LogP contribution in [0.4, 0.5) is 0 Å². The summed E-state index contributed by atoms with van der Waals surface area (Å²) in [4.78, 5) is 16.6. The summed E-state index contributed by atoms with van der Waals surface area (Å²) in [5.41, 5.74) is 2.48. The monoisotopic (exact) mass is 707 g/mol. The summed E-state index contributed by atoms with van der Waals surface area (Å²) < 4.78 is 6.58. The van der Waals surface area contributed by atoms with Crippen LogP contribution in [0.2, 0.25) is 0 Å². The number of hydrogen-bond acceptors (Lipinski definition) is 5. The molecule has 0 aromatic heterocycles. The summed E-state index contributed by atoms with van der Waals surface area (Å²) in [7, 11) is 1.36. The van der Waals surface area contributed by atoms with Crippen molar-refractivity contribution in [2.24, 2.45) is 5.16 Å². The topological polar surface area (TPSA) is 68.1 Å². The van der Waals surface area contributed by atoms with E-state index in [1.165, 1.54) is 7.11 Å². The second-order valence-electron chi connectivity index (χ2n) is 5.16. The van der Waals surface area contributed by atoms with Crippen molar-refractivity contribution in [3.8, 4) is 5.75 Å². The molecule has 0 heterocycles. The number of nitrogens with zero attached hydrogens (tertiary/aromatic N) is 1. The molecule has 5 nitrogen and oxygen atoms in total. The van der Waals surface area contributed by atoms with Crippen molar-refractivity contribution in [3.05, 3.63) is 65.2 Å². The normalized spacial score (nSPS) is 10.9. The first-order valence-corrected chi connectivity index (χ1v) is 11.6. The van der Waals surface area contributed by atoms with E-state index in [0.717, 1.165) is 16.8 Å². The predicted molar refractivity (Wildman–Crippen MR) is 133 cm³/mol. The Hall–Kier alpha value is -0.470. The summed E-state index contributed by atoms with van der Waals surface area (Å²) in [5, 5.41) is 12.9. The Morgan fingerprint density at radius 2 is 1.70 bits per heavy atom. The fourth-order valence-electron chi connectivity index (χ4n) is 2.17. The highest BCUT2D eigenvalue weighted by Crippen LogP contribution is 2.20. The van der Waals surface area contributed by atoms with E-state index in [2.05, 4.69) is 72.9 Å². The number of alkyl halides is 3. The fourth-order valence-corrected chi connectivity index (χ4v) is 2.17. The van der Waals surface area contributed by atoms with Crippen LogP contribution in [0, 0.1) is 6.92 Å². The number of carbonyl (C=O) groups is 1. The van der Waals surface area contributed by atoms with Gasteiger partial charge in [-0.2, -0.15) is 0 Å². The number of aliphatic hydroxyl groups is 1. The number of hydrogen-bond donors (Lipinski definition) is 1. The second kappa shape index (κ2) is 13.7. The number of halogens is 3. The number of aryl methyl sites for hydroxylation is 1. The Morgan fingerprint density at radius 3 is 2.30 bits per heavy atom. The molecule has 0 aliphatic carbocycles. The van der Waals surface area contributed by atoms with E-state index < -0.39 is 12.4 Å². The minimum absolute atomic E-state index is 0.0824. The molecule has 0 fully saturated rings. The van der Waals surface area contributed by atoms with Gasteiger partial charge in [-0.15, -0.1) is 0 Å². The zero-order valence-corrected chi connectivity index (χ0v) is 21.3. The molecule has 0 aliphatic rings. The molecule has 0 spiro atoms. The van der Waals surface area contributed by atoms with Crippen molar-refractivity contribution in [2.45, 2.75) is 13.5 Å². The van der Waals surface area contributed by atoms with Gasteiger partial charge in [0.15, 0.2) is 5.71 Å². The molecule has 2 aromatic carbocycles. The van der Waals surface area contributed by atoms with E-state index in [1.807, 2.05) is 43.3 Å². The van der Waals surface area contributed by atoms with Crippen LogP contribution < -0.4 is 4.74 Å². The third kappa shape index (κ3) is 9.05. The van der Waals surface area contributed by atoms with Crippen LogP contribution in [-0.2, 0) is 16.2 Å². The van der Waals surface area contributed by atoms with Crippen molar-refractivity contribution in [1.29, 1.82) is 0 Å². The fraction of sp³-hybridized carbons (Fsp3) is 0.263. The highest BCUT2D eigenvalue weighted by atomic mass is 127. The smallest absolute Gasteiger partial charge is 0.210 e. The highest BCUT2D eigenvalue weighted by Gasteiger charge is 2.17. The van der Waals surface area contributed by atoms with Crippen molar-refractivity contribution in [2.75, 3.05) is 13.7 Å². The maximum atomic E-state index is 11.9. The van der Waals surface area contributed by atoms with Gasteiger partial charge in [-0.1, -0.05) is 115 Å². The quantitative estimate of drug-likeness (QED) is 0.189. The van der Waals surface area contributed by atoms with Gasteiger partial charge in [0.25, 0.3) is 0 Å². The lowest BCUT2D eigenvalue weighted by molar-refractivity contribution is -0.115. The molecule has 0 saturated carbocycles. The van der Waals surface area contributed by atoms with Crippen LogP contribution in [0.5, 0.6) is 5.75 Å². The first kappa shape index (κ1) is 24.6. The molecule has 2 aromatic rings. The molecule has 1 N–H and O–H groups in total. The van der Waals surface area contributed by atoms with E-state index in [1.54, 1.807) is 12.1 Å². The van der Waals surface area contributed by atoms with Crippen LogP contribution in [-0.4, -0.2) is 30.3 Å². The van der Waals surface area contributed by atoms with Crippen LogP contribution in [0.25, 0.3) is 0 Å². The number of aliphatic hydroxyl groups excluding tert-OH is 1. The van der Waals surface area contributed by atoms with Gasteiger partial charge in [-0.05, 0) is 24.1 Å². The molecule has 0 bridgehead atoms. The van der Waals surface area contributed by atoms with Gasteiger partial charge in [-0.25, -0.2) is 0 Å². The maximum Gasteiger partial charge on any atom is 0.210 e. The Labute approximate surface area is 200 Å². The number of para-hydroxylation sites is 1. The van der Waals surface area contributed by atoms with E-state index >= 15 is 0 Å². The van der Waals surface area contributed by atoms with E-state index in [4.69, 9.17) is 14.7 Å². The molecule has 0 aliphatic heterocycles. The average molecular weight is 707 g/mol. The van der Waals surface area contributed by atoms with Crippen LogP contribution in [0.1, 0.15) is 16.7 Å². The highest BCUT2D eigenvalue weighted by molar-refractivity contribution is 14.3. The third-order valence-electron chi connectivity index (χ3n) is 3.34. The van der Waals surface area contributed by atoms with Gasteiger partial charge in [-0.3, -0.25) is 4.79 Å². The summed E-state index contributed by atoms with van der Waals surface area (Å²) in [5.74, 6) is 0.274. The van der Waals surface area contributed by atoms with Gasteiger partial charge in [0.1, 0.15) is 26.0 Å². The molecule has 27 heavy (non-hydrogen) atoms. The van der Waals surface area contributed by atoms with Crippen molar-refractivity contribution in [3.63, 3.8) is 0 Å². The lowest BCUT2D eigenvalue weighted by Gasteiger charge is -2.13. The minimum atomic E-state index is -0.630. The van der Waals surface area contributed by atoms with E-state index in [9.17, 15) is 4.79 Å². The Kier molecular flexibility index (Phi) is 12.4. The number of carbonyl (C=O) groups excluding carboxylic acids is 1. The molecule has 0 atom stereocenters. The first-order chi connectivity index (χ1) is 12.9. The number of ketones is 1. The maximum absolute atomic E-state index is 11.9. The van der Waals surface area contributed by atoms with Crippen molar-refractivity contribution < 1.29 is 19.5 Å². The number of benzene rings is 2. The molecule has 0 unspecified atom stereocenters. The Balaban J connectivity index is 0.000000828. The third-order valence-corrected chi connectivity index (χ3v) is 3.34. The molecule has 0 amide bonds. The summed E-state index contributed by atoms with van der Waals surface area (Å²) in [6, 6.07) is 15.0. The number of rotatable bonds is 7. The molecule has 146 valence electrons. The Morgan fingerprint density at radius 1 is 1.11 bits per heavy atom. The molecule has 2 rings (SSSR count). The molecule has 0 saturated heterocycles. The molecular formula is C19H20I3NO4. The standard InChI is InChI=1S/C18H19NO4.CHI3/c1-13-7-3-6-10-17(13)23-12-14-8-4-5-9-15(14)18(19-22-2)16(21)11-20;2-1(3)4/h3-10,20H,11-12H2,1-2H3;1H/b19-18+;. The van der Waals surface area contributed by atoms with E-state index in [-0.39, 0.29) is 12.3 Å². The minimum Gasteiger partial charge on any atom is -0.489 e. The lowest BCUT2D eigenvalue weighted by Crippen LogP contribution is -2.21. The summed E-state index contributed by atoms with van der Waals surface area (Å²) in [6.45, 7) is 1.62. The number of oxime groups is 1. The van der Waals surface area contributed by atoms with Gasteiger partial charge in [0.05, 0.1) is 0 Å². The Bertz CT molecular complexity index is 763. The van der Waals surface area contributed by atoms with Gasteiger partial charge in [0, 0.05) is 5.56 Å². The van der Waals surface area contributed by atoms with Gasteiger partial charge < -0.3 is 14.7 Å². The largest absolute Gasteiger partial charge is 0.489 e. The van der Waals surface area contributed by atoms with Gasteiger partial charge >= 0.3 is 0 Å². The molecule has 8 heteroatoms. The first-order valence-electron chi connectivity index (χ1n) is 7.84. The zero-order chi connectivity index (χ0) is 20.2. The predicted octanol–water partition coefficient (Wildman–Crippen LogP) is 5.06. The second-order valence-corrected chi connectivity index (χ2v) is 16.0. The van der Waals surface area contributed by atoms with E-state index in [0.29, 0.717) is 5.56 Å². The number of ether oxygens (including phenoxy) is 1. The van der Waals surface area contributed by atoms with Gasteiger partial charge in [0.2, 0.25) is 5.78 Å². The van der Waals surface area contributed by atoms with Crippen LogP contribution in [0.15, 0.2) is 53.7 Å². The SMILES string of the molecule is CO/N=C(/C(=O)CO)c1ccccc1COc1ccccc1C.IC(I)I. The molecular weight excluding hydrogens is 687 g/mol. The summed E-state index contributed by atoms with van der Waals surface area (Å²) in [6.07, 6.45) is 0. The van der Waals surface area contributed by atoms with Crippen molar-refractivity contribution >= 4 is 79.3 Å². The van der Waals surface area contributed by atoms with Crippen LogP contribution in [0.3, 0.4) is 0 Å². The number of Topliss-reactive ketones (excluding diaryl/α,β-unsaturated/α-hetero) is 1. The average Bonchev–Trinajstić information content (AvgIpc) is 2.65. The van der Waals surface area contributed by atoms with Crippen molar-refractivity contribution in [1.82, 2.24) is 0 Å². The summed E-state index contributed by atoms with van der Waals surface area (Å²) >= 11 is 6.95. The zero-order valence-electron chi connectivity index (χ0n) is 14.9. The lowest BCUT2D eigenvalue weighted by atomic mass is 10.0.